The van der Waals surface area contributed by atoms with Gasteiger partial charge in [-0.2, -0.15) is 5.10 Å². The van der Waals surface area contributed by atoms with Crippen molar-refractivity contribution in [2.24, 2.45) is 7.05 Å². The van der Waals surface area contributed by atoms with Crippen LogP contribution in [0.2, 0.25) is 0 Å². The Hall–Kier alpha value is -2.37. The molecule has 0 unspecified atom stereocenters. The average Bonchev–Trinajstić information content (AvgIpc) is 2.86. The van der Waals surface area contributed by atoms with E-state index in [0.29, 0.717) is 12.1 Å². The smallest absolute Gasteiger partial charge is 0.253 e. The van der Waals surface area contributed by atoms with E-state index in [2.05, 4.69) is 27.6 Å². The molecule has 6 heteroatoms. The minimum atomic E-state index is -0.128. The number of aryl methyl sites for hydroxylation is 2. The lowest BCUT2D eigenvalue weighted by Crippen LogP contribution is -2.23. The summed E-state index contributed by atoms with van der Waals surface area (Å²) in [5.41, 5.74) is 2.61. The molecule has 0 aliphatic heterocycles. The maximum atomic E-state index is 12.1. The molecule has 0 fully saturated rings. The highest BCUT2D eigenvalue weighted by Gasteiger charge is 2.09. The molecule has 0 spiro atoms. The number of carbonyl (C=O) groups excluding carboxylic acids is 1. The predicted molar refractivity (Wildman–Crippen MR) is 82.2 cm³/mol. The van der Waals surface area contributed by atoms with Crippen LogP contribution in [0.4, 0.5) is 5.82 Å². The Bertz CT molecular complexity index is 603. The molecule has 0 bridgehead atoms. The number of amides is 1. The van der Waals surface area contributed by atoms with Crippen molar-refractivity contribution in [1.29, 1.82) is 0 Å². The van der Waals surface area contributed by atoms with Gasteiger partial charge in [-0.15, -0.1) is 0 Å². The van der Waals surface area contributed by atoms with E-state index < -0.39 is 0 Å². The van der Waals surface area contributed by atoms with Crippen molar-refractivity contribution in [2.75, 3.05) is 11.9 Å². The number of hydrogen-bond donors (Lipinski definition) is 2. The van der Waals surface area contributed by atoms with E-state index in [4.69, 9.17) is 0 Å². The zero-order chi connectivity index (χ0) is 15.2. The Labute approximate surface area is 124 Å². The van der Waals surface area contributed by atoms with E-state index in [1.165, 1.54) is 0 Å². The molecule has 2 aromatic rings. The van der Waals surface area contributed by atoms with Gasteiger partial charge in [-0.05, 0) is 25.5 Å². The fourth-order valence-corrected chi connectivity index (χ4v) is 2.12. The van der Waals surface area contributed by atoms with Crippen molar-refractivity contribution in [2.45, 2.75) is 26.8 Å². The van der Waals surface area contributed by atoms with Gasteiger partial charge in [0, 0.05) is 38.1 Å². The average molecular weight is 287 g/mol. The molecular formula is C15H21N5O. The van der Waals surface area contributed by atoms with Gasteiger partial charge in [-0.3, -0.25) is 9.48 Å². The molecule has 2 rings (SSSR count). The number of rotatable bonds is 6. The predicted octanol–water partition coefficient (Wildman–Crippen LogP) is 1.74. The fraction of sp³-hybridized carbons (Fsp3) is 0.400. The fourth-order valence-electron chi connectivity index (χ4n) is 2.12. The zero-order valence-corrected chi connectivity index (χ0v) is 12.7. The maximum absolute atomic E-state index is 12.1. The van der Waals surface area contributed by atoms with Gasteiger partial charge < -0.3 is 10.6 Å². The van der Waals surface area contributed by atoms with Crippen LogP contribution in [0.15, 0.2) is 24.5 Å². The summed E-state index contributed by atoms with van der Waals surface area (Å²) in [6.07, 6.45) is 4.37. The monoisotopic (exact) mass is 287 g/mol. The topological polar surface area (TPSA) is 71.8 Å². The number of carbonyl (C=O) groups is 1. The molecule has 0 saturated heterocycles. The summed E-state index contributed by atoms with van der Waals surface area (Å²) in [5.74, 6) is 0.644. The molecule has 0 saturated carbocycles. The van der Waals surface area contributed by atoms with Crippen molar-refractivity contribution in [1.82, 2.24) is 20.1 Å². The third-order valence-electron chi connectivity index (χ3n) is 3.15. The molecule has 0 aromatic carbocycles. The number of nitrogens with zero attached hydrogens (tertiary/aromatic N) is 3. The van der Waals surface area contributed by atoms with Crippen molar-refractivity contribution in [3.05, 3.63) is 41.3 Å². The second kappa shape index (κ2) is 6.88. The Morgan fingerprint density at radius 1 is 1.33 bits per heavy atom. The van der Waals surface area contributed by atoms with E-state index in [1.807, 2.05) is 20.2 Å². The summed E-state index contributed by atoms with van der Waals surface area (Å²) >= 11 is 0. The van der Waals surface area contributed by atoms with Crippen LogP contribution in [0.25, 0.3) is 0 Å². The van der Waals surface area contributed by atoms with Gasteiger partial charge in [-0.25, -0.2) is 4.98 Å². The molecule has 2 aromatic heterocycles. The number of anilines is 1. The third-order valence-corrected chi connectivity index (χ3v) is 3.15. The molecule has 1 amide bonds. The highest BCUT2D eigenvalue weighted by Crippen LogP contribution is 2.08. The molecule has 6 nitrogen and oxygen atoms in total. The third kappa shape index (κ3) is 3.81. The van der Waals surface area contributed by atoms with Crippen molar-refractivity contribution in [3.8, 4) is 0 Å². The minimum Gasteiger partial charge on any atom is -0.370 e. The quantitative estimate of drug-likeness (QED) is 0.849. The molecule has 2 N–H and O–H groups in total. The van der Waals surface area contributed by atoms with E-state index in [-0.39, 0.29) is 5.91 Å². The molecule has 0 aliphatic carbocycles. The zero-order valence-electron chi connectivity index (χ0n) is 12.7. The second-order valence-corrected chi connectivity index (χ2v) is 4.77. The highest BCUT2D eigenvalue weighted by atomic mass is 16.1. The van der Waals surface area contributed by atoms with Crippen LogP contribution >= 0.6 is 0 Å². The summed E-state index contributed by atoms with van der Waals surface area (Å²) in [4.78, 5) is 16.3. The van der Waals surface area contributed by atoms with Crippen LogP contribution in [-0.2, 0) is 20.0 Å². The van der Waals surface area contributed by atoms with Crippen LogP contribution in [0.3, 0.4) is 0 Å². The van der Waals surface area contributed by atoms with Crippen LogP contribution in [0.1, 0.15) is 35.5 Å². The van der Waals surface area contributed by atoms with Gasteiger partial charge >= 0.3 is 0 Å². The van der Waals surface area contributed by atoms with Crippen LogP contribution < -0.4 is 10.6 Å². The first kappa shape index (κ1) is 15.0. The van der Waals surface area contributed by atoms with Gasteiger partial charge in [-0.1, -0.05) is 6.92 Å². The summed E-state index contributed by atoms with van der Waals surface area (Å²) < 4.78 is 1.77. The summed E-state index contributed by atoms with van der Waals surface area (Å²) in [7, 11) is 1.88. The second-order valence-electron chi connectivity index (χ2n) is 4.77. The summed E-state index contributed by atoms with van der Waals surface area (Å²) in [5, 5.41) is 10.4. The lowest BCUT2D eigenvalue weighted by molar-refractivity contribution is 0.0950. The highest BCUT2D eigenvalue weighted by molar-refractivity contribution is 5.94. The molecule has 0 radical (unpaired) electrons. The van der Waals surface area contributed by atoms with E-state index in [9.17, 15) is 4.79 Å². The molecule has 2 heterocycles. The Morgan fingerprint density at radius 2 is 2.14 bits per heavy atom. The number of pyridine rings is 1. The van der Waals surface area contributed by atoms with E-state index in [1.54, 1.807) is 23.0 Å². The van der Waals surface area contributed by atoms with Gasteiger partial charge in [0.1, 0.15) is 5.82 Å². The lowest BCUT2D eigenvalue weighted by atomic mass is 10.2. The van der Waals surface area contributed by atoms with Crippen molar-refractivity contribution in [3.63, 3.8) is 0 Å². The van der Waals surface area contributed by atoms with E-state index in [0.717, 1.165) is 30.0 Å². The maximum Gasteiger partial charge on any atom is 0.253 e. The molecule has 0 atom stereocenters. The minimum absolute atomic E-state index is 0.128. The first-order valence-corrected chi connectivity index (χ1v) is 7.13. The molecular weight excluding hydrogens is 266 g/mol. The standard InChI is InChI=1S/C15H21N5O/c1-4-13-12(10-20(3)19-13)9-18-15(21)11-6-7-14(16-5-2)17-8-11/h6-8,10H,4-5,9H2,1-3H3,(H,16,17)(H,18,21). The summed E-state index contributed by atoms with van der Waals surface area (Å²) in [6.45, 7) is 5.34. The Balaban J connectivity index is 1.97. The van der Waals surface area contributed by atoms with E-state index >= 15 is 0 Å². The first-order valence-electron chi connectivity index (χ1n) is 7.13. The van der Waals surface area contributed by atoms with Crippen LogP contribution in [0, 0.1) is 0 Å². The van der Waals surface area contributed by atoms with Gasteiger partial charge in [0.15, 0.2) is 0 Å². The normalized spacial score (nSPS) is 10.4. The largest absolute Gasteiger partial charge is 0.370 e. The number of hydrogen-bond acceptors (Lipinski definition) is 4. The number of nitrogens with one attached hydrogen (secondary N) is 2. The van der Waals surface area contributed by atoms with Crippen molar-refractivity contribution >= 4 is 11.7 Å². The SMILES string of the molecule is CCNc1ccc(C(=O)NCc2cn(C)nc2CC)cn1. The van der Waals surface area contributed by atoms with Crippen LogP contribution in [-0.4, -0.2) is 27.2 Å². The van der Waals surface area contributed by atoms with Crippen LogP contribution in [0.5, 0.6) is 0 Å². The van der Waals surface area contributed by atoms with Gasteiger partial charge in [0.25, 0.3) is 5.91 Å². The summed E-state index contributed by atoms with van der Waals surface area (Å²) in [6, 6.07) is 3.57. The first-order chi connectivity index (χ1) is 10.1. The van der Waals surface area contributed by atoms with Gasteiger partial charge in [0.2, 0.25) is 0 Å². The Kier molecular flexibility index (Phi) is 4.92. The lowest BCUT2D eigenvalue weighted by Gasteiger charge is -2.06. The molecule has 21 heavy (non-hydrogen) atoms. The molecule has 0 aliphatic rings. The molecule has 112 valence electrons. The van der Waals surface area contributed by atoms with Crippen molar-refractivity contribution < 1.29 is 4.79 Å². The Morgan fingerprint density at radius 3 is 2.76 bits per heavy atom. The van der Waals surface area contributed by atoms with Gasteiger partial charge in [0.05, 0.1) is 11.3 Å². The number of aromatic nitrogens is 3.